The molecular formula is C40H26N4. The second-order valence-electron chi connectivity index (χ2n) is 10.8. The van der Waals surface area contributed by atoms with E-state index in [9.17, 15) is 0 Å². The van der Waals surface area contributed by atoms with Crippen molar-refractivity contribution in [1.82, 2.24) is 19.9 Å². The van der Waals surface area contributed by atoms with E-state index in [0.717, 1.165) is 72.3 Å². The van der Waals surface area contributed by atoms with E-state index in [4.69, 9.17) is 19.9 Å². The Bertz CT molecular complexity index is 2120. The fourth-order valence-corrected chi connectivity index (χ4v) is 5.61. The summed E-state index contributed by atoms with van der Waals surface area (Å²) in [7, 11) is 0. The Labute approximate surface area is 255 Å². The Balaban J connectivity index is 1.36. The van der Waals surface area contributed by atoms with Gasteiger partial charge in [-0.3, -0.25) is 4.98 Å². The molecule has 0 radical (unpaired) electrons. The lowest BCUT2D eigenvalue weighted by molar-refractivity contribution is 1.18. The van der Waals surface area contributed by atoms with E-state index in [1.807, 2.05) is 66.9 Å². The minimum Gasteiger partial charge on any atom is -0.256 e. The van der Waals surface area contributed by atoms with Crippen LogP contribution >= 0.6 is 0 Å². The summed E-state index contributed by atoms with van der Waals surface area (Å²) in [5.41, 5.74) is 9.40. The highest BCUT2D eigenvalue weighted by Crippen LogP contribution is 2.34. The smallest absolute Gasteiger partial charge is 0.160 e. The fraction of sp³-hybridized carbons (Fsp3) is 0. The van der Waals surface area contributed by atoms with Gasteiger partial charge in [-0.1, -0.05) is 109 Å². The number of hydrogen-bond donors (Lipinski definition) is 0. The maximum absolute atomic E-state index is 5.12. The van der Waals surface area contributed by atoms with E-state index in [-0.39, 0.29) is 0 Å². The topological polar surface area (TPSA) is 51.6 Å². The molecule has 44 heavy (non-hydrogen) atoms. The zero-order valence-corrected chi connectivity index (χ0v) is 23.8. The molecule has 8 rings (SSSR count). The Kier molecular flexibility index (Phi) is 6.43. The van der Waals surface area contributed by atoms with Crippen LogP contribution in [0.2, 0.25) is 0 Å². The van der Waals surface area contributed by atoms with Gasteiger partial charge in [0.05, 0.1) is 28.3 Å². The van der Waals surface area contributed by atoms with Gasteiger partial charge in [0, 0.05) is 44.8 Å². The van der Waals surface area contributed by atoms with Gasteiger partial charge in [0.1, 0.15) is 0 Å². The summed E-state index contributed by atoms with van der Waals surface area (Å²) in [5.74, 6) is 0.648. The number of hydrogen-bond acceptors (Lipinski definition) is 4. The number of benzene rings is 5. The first kappa shape index (κ1) is 25.7. The molecule has 0 N–H and O–H groups in total. The number of aromatic nitrogens is 4. The van der Waals surface area contributed by atoms with Crippen LogP contribution in [0.1, 0.15) is 0 Å². The molecule has 0 aliphatic heterocycles. The van der Waals surface area contributed by atoms with Crippen LogP contribution in [0.4, 0.5) is 0 Å². The monoisotopic (exact) mass is 562 g/mol. The Morgan fingerprint density at radius 3 is 1.59 bits per heavy atom. The molecule has 4 nitrogen and oxygen atoms in total. The zero-order valence-electron chi connectivity index (χ0n) is 23.8. The molecule has 0 saturated heterocycles. The molecule has 206 valence electrons. The van der Waals surface area contributed by atoms with Crippen LogP contribution in [0, 0.1) is 0 Å². The van der Waals surface area contributed by atoms with Crippen molar-refractivity contribution in [1.29, 1.82) is 0 Å². The summed E-state index contributed by atoms with van der Waals surface area (Å²) in [6.07, 6.45) is 1.94. The molecule has 5 aromatic carbocycles. The van der Waals surface area contributed by atoms with Crippen LogP contribution in [0.5, 0.6) is 0 Å². The Hall–Kier alpha value is -6.00. The predicted octanol–water partition coefficient (Wildman–Crippen LogP) is 9.91. The number of nitrogens with zero attached hydrogens (tertiary/aromatic N) is 4. The van der Waals surface area contributed by atoms with Gasteiger partial charge < -0.3 is 0 Å². The lowest BCUT2D eigenvalue weighted by Gasteiger charge is -2.13. The summed E-state index contributed by atoms with van der Waals surface area (Å²) in [4.78, 5) is 20.1. The van der Waals surface area contributed by atoms with E-state index in [2.05, 4.69) is 91.0 Å². The zero-order chi connectivity index (χ0) is 29.3. The van der Waals surface area contributed by atoms with Gasteiger partial charge in [0.25, 0.3) is 0 Å². The predicted molar refractivity (Wildman–Crippen MR) is 180 cm³/mol. The molecule has 0 amide bonds. The third-order valence-corrected chi connectivity index (χ3v) is 7.88. The highest BCUT2D eigenvalue weighted by atomic mass is 14.9. The average Bonchev–Trinajstić information content (AvgIpc) is 3.11. The third kappa shape index (κ3) is 4.99. The quantitative estimate of drug-likeness (QED) is 0.209. The summed E-state index contributed by atoms with van der Waals surface area (Å²) >= 11 is 0. The van der Waals surface area contributed by atoms with Gasteiger partial charge in [-0.05, 0) is 47.9 Å². The van der Waals surface area contributed by atoms with E-state index in [1.165, 1.54) is 0 Å². The van der Waals surface area contributed by atoms with Crippen molar-refractivity contribution in [2.45, 2.75) is 0 Å². The van der Waals surface area contributed by atoms with Gasteiger partial charge in [0.15, 0.2) is 5.82 Å². The van der Waals surface area contributed by atoms with Crippen molar-refractivity contribution >= 4 is 21.7 Å². The van der Waals surface area contributed by atoms with Crippen LogP contribution in [0.25, 0.3) is 78.1 Å². The van der Waals surface area contributed by atoms with Crippen molar-refractivity contribution in [2.75, 3.05) is 0 Å². The molecule has 0 bridgehead atoms. The summed E-state index contributed by atoms with van der Waals surface area (Å²) in [6, 6.07) is 51.9. The van der Waals surface area contributed by atoms with Gasteiger partial charge >= 0.3 is 0 Å². The molecule has 4 heteroatoms. The van der Waals surface area contributed by atoms with Crippen LogP contribution in [-0.2, 0) is 0 Å². The minimum absolute atomic E-state index is 0.648. The summed E-state index contributed by atoms with van der Waals surface area (Å²) in [5, 5.41) is 3.35. The largest absolute Gasteiger partial charge is 0.256 e. The summed E-state index contributed by atoms with van der Waals surface area (Å²) < 4.78 is 0. The molecule has 0 spiro atoms. The van der Waals surface area contributed by atoms with Crippen molar-refractivity contribution in [2.24, 2.45) is 0 Å². The van der Waals surface area contributed by atoms with Gasteiger partial charge in [-0.25, -0.2) is 15.0 Å². The number of pyridine rings is 2. The normalized spacial score (nSPS) is 11.2. The van der Waals surface area contributed by atoms with Crippen LogP contribution in [0.3, 0.4) is 0 Å². The Morgan fingerprint density at radius 1 is 0.318 bits per heavy atom. The van der Waals surface area contributed by atoms with Gasteiger partial charge in [-0.2, -0.15) is 0 Å². The molecule has 0 aliphatic rings. The molecule has 3 heterocycles. The second-order valence-corrected chi connectivity index (χ2v) is 10.8. The SMILES string of the molecule is c1ccc(-c2cc(-c3ccccc3)nc(-c3cc(-c4cc5ccccc5cn4)cc(-c4ccc5ccccc5n4)c3)n2)cc1. The standard InChI is InChI=1S/C40H26N4/c1-3-11-27(12-4-1)38-25-39(28-13-5-2-6-14-28)44-40(43-38)34-22-32(36-20-19-29-15-9-10-18-35(29)42-36)21-33(23-34)37-24-30-16-7-8-17-31(30)26-41-37/h1-26H. The lowest BCUT2D eigenvalue weighted by Crippen LogP contribution is -1.97. The van der Waals surface area contributed by atoms with Crippen LogP contribution < -0.4 is 0 Å². The number of rotatable bonds is 5. The van der Waals surface area contributed by atoms with Crippen molar-refractivity contribution < 1.29 is 0 Å². The molecular weight excluding hydrogens is 536 g/mol. The lowest BCUT2D eigenvalue weighted by atomic mass is 9.98. The highest BCUT2D eigenvalue weighted by molar-refractivity contribution is 5.88. The van der Waals surface area contributed by atoms with Crippen molar-refractivity contribution in [3.05, 3.63) is 158 Å². The molecule has 0 aliphatic carbocycles. The van der Waals surface area contributed by atoms with Crippen LogP contribution in [-0.4, -0.2) is 19.9 Å². The molecule has 0 fully saturated rings. The molecule has 0 unspecified atom stereocenters. The highest BCUT2D eigenvalue weighted by Gasteiger charge is 2.15. The van der Waals surface area contributed by atoms with Gasteiger partial charge in [0.2, 0.25) is 0 Å². The fourth-order valence-electron chi connectivity index (χ4n) is 5.61. The van der Waals surface area contributed by atoms with E-state index in [0.29, 0.717) is 5.82 Å². The van der Waals surface area contributed by atoms with Crippen molar-refractivity contribution in [3.63, 3.8) is 0 Å². The first-order chi connectivity index (χ1) is 21.8. The third-order valence-electron chi connectivity index (χ3n) is 7.88. The van der Waals surface area contributed by atoms with Crippen molar-refractivity contribution in [3.8, 4) is 56.4 Å². The second kappa shape index (κ2) is 11.0. The Morgan fingerprint density at radius 2 is 0.886 bits per heavy atom. The molecule has 3 aromatic heterocycles. The maximum atomic E-state index is 5.12. The average molecular weight is 563 g/mol. The molecule has 8 aromatic rings. The van der Waals surface area contributed by atoms with E-state index in [1.54, 1.807) is 0 Å². The van der Waals surface area contributed by atoms with E-state index >= 15 is 0 Å². The number of fused-ring (bicyclic) bond motifs is 2. The van der Waals surface area contributed by atoms with E-state index < -0.39 is 0 Å². The van der Waals surface area contributed by atoms with Crippen LogP contribution in [0.15, 0.2) is 158 Å². The minimum atomic E-state index is 0.648. The maximum Gasteiger partial charge on any atom is 0.160 e. The molecule has 0 saturated carbocycles. The first-order valence-electron chi connectivity index (χ1n) is 14.6. The first-order valence-corrected chi connectivity index (χ1v) is 14.6. The van der Waals surface area contributed by atoms with Gasteiger partial charge in [-0.15, -0.1) is 0 Å². The summed E-state index contributed by atoms with van der Waals surface area (Å²) in [6.45, 7) is 0. The number of para-hydroxylation sites is 1. The molecule has 0 atom stereocenters.